The molecule has 1 N–H and O–H groups in total. The summed E-state index contributed by atoms with van der Waals surface area (Å²) < 4.78 is 12.8. The van der Waals surface area contributed by atoms with Crippen LogP contribution in [0.15, 0.2) is 58.0 Å². The van der Waals surface area contributed by atoms with E-state index in [-0.39, 0.29) is 0 Å². The van der Waals surface area contributed by atoms with E-state index in [4.69, 9.17) is 9.47 Å². The zero-order valence-corrected chi connectivity index (χ0v) is 15.4. The number of ether oxygens (including phenoxy) is 2. The summed E-state index contributed by atoms with van der Waals surface area (Å²) in [6.07, 6.45) is 1.73. The topological polar surface area (TPSA) is 30.5 Å². The van der Waals surface area contributed by atoms with E-state index in [9.17, 15) is 0 Å². The van der Waals surface area contributed by atoms with Crippen molar-refractivity contribution in [1.29, 1.82) is 0 Å². The Hall–Kier alpha value is -1.46. The van der Waals surface area contributed by atoms with Crippen LogP contribution >= 0.6 is 31.9 Å². The molecule has 0 unspecified atom stereocenters. The van der Waals surface area contributed by atoms with Gasteiger partial charge in [0.25, 0.3) is 0 Å². The highest BCUT2D eigenvalue weighted by Crippen LogP contribution is 2.33. The minimum Gasteiger partial charge on any atom is -0.497 e. The first-order chi connectivity index (χ1) is 10.6. The number of benzene rings is 2. The normalized spacial score (nSPS) is 10.1. The summed E-state index contributed by atoms with van der Waals surface area (Å²) in [7, 11) is 1.66. The monoisotopic (exact) mass is 425 g/mol. The molecule has 0 bridgehead atoms. The van der Waals surface area contributed by atoms with Gasteiger partial charge in [-0.3, -0.25) is 0 Å². The van der Waals surface area contributed by atoms with Crippen molar-refractivity contribution in [1.82, 2.24) is 0 Å². The first-order valence-electron chi connectivity index (χ1n) is 6.73. The summed E-state index contributed by atoms with van der Waals surface area (Å²) in [4.78, 5) is 0. The Balaban J connectivity index is 2.14. The zero-order valence-electron chi connectivity index (χ0n) is 12.2. The van der Waals surface area contributed by atoms with Gasteiger partial charge in [-0.25, -0.2) is 0 Å². The molecule has 0 radical (unpaired) electrons. The fraction of sp³-hybridized carbons (Fsp3) is 0.176. The molecule has 0 atom stereocenters. The summed E-state index contributed by atoms with van der Waals surface area (Å²) in [5.74, 6) is 1.66. The van der Waals surface area contributed by atoms with Crippen LogP contribution in [0.2, 0.25) is 0 Å². The smallest absolute Gasteiger partial charge is 0.139 e. The lowest BCUT2D eigenvalue weighted by Crippen LogP contribution is -2.04. The molecule has 0 saturated heterocycles. The number of anilines is 1. The molecule has 5 heteroatoms. The summed E-state index contributed by atoms with van der Waals surface area (Å²) in [5.41, 5.74) is 2.07. The highest BCUT2D eigenvalue weighted by atomic mass is 79.9. The Labute approximate surface area is 147 Å². The van der Waals surface area contributed by atoms with Crippen LogP contribution in [-0.4, -0.2) is 13.7 Å². The third kappa shape index (κ3) is 4.52. The summed E-state index contributed by atoms with van der Waals surface area (Å²) in [5, 5.41) is 3.38. The third-order valence-electron chi connectivity index (χ3n) is 3.00. The standard InChI is InChI=1S/C17H17Br2NO2/c1-3-8-22-17-12(9-13(18)10-16(17)19)11-20-14-4-6-15(21-2)7-5-14/h3-7,9-10,20H,1,8,11H2,2H3. The second-order valence-electron chi connectivity index (χ2n) is 4.56. The molecule has 0 aliphatic carbocycles. The first-order valence-corrected chi connectivity index (χ1v) is 8.32. The van der Waals surface area contributed by atoms with Crippen molar-refractivity contribution < 1.29 is 9.47 Å². The fourth-order valence-corrected chi connectivity index (χ4v) is 3.38. The van der Waals surface area contributed by atoms with Gasteiger partial charge < -0.3 is 14.8 Å². The van der Waals surface area contributed by atoms with Crippen LogP contribution in [0.5, 0.6) is 11.5 Å². The van der Waals surface area contributed by atoms with Crippen molar-refractivity contribution in [3.8, 4) is 11.5 Å². The van der Waals surface area contributed by atoms with E-state index in [2.05, 4.69) is 43.8 Å². The van der Waals surface area contributed by atoms with Crippen molar-refractivity contribution >= 4 is 37.5 Å². The molecule has 116 valence electrons. The van der Waals surface area contributed by atoms with E-state index in [0.717, 1.165) is 31.7 Å². The van der Waals surface area contributed by atoms with Crippen molar-refractivity contribution in [3.63, 3.8) is 0 Å². The minimum atomic E-state index is 0.468. The van der Waals surface area contributed by atoms with Gasteiger partial charge in [0.15, 0.2) is 0 Å². The minimum absolute atomic E-state index is 0.468. The number of rotatable bonds is 7. The maximum absolute atomic E-state index is 5.75. The fourth-order valence-electron chi connectivity index (χ4n) is 1.96. The van der Waals surface area contributed by atoms with Crippen molar-refractivity contribution in [2.45, 2.75) is 6.54 Å². The molecule has 0 amide bonds. The van der Waals surface area contributed by atoms with E-state index >= 15 is 0 Å². The number of hydrogen-bond acceptors (Lipinski definition) is 3. The second-order valence-corrected chi connectivity index (χ2v) is 6.33. The van der Waals surface area contributed by atoms with Crippen molar-refractivity contribution in [2.24, 2.45) is 0 Å². The van der Waals surface area contributed by atoms with E-state index in [1.54, 1.807) is 13.2 Å². The SMILES string of the molecule is C=CCOc1c(Br)cc(Br)cc1CNc1ccc(OC)cc1. The molecule has 2 rings (SSSR count). The molecule has 0 fully saturated rings. The summed E-state index contributed by atoms with van der Waals surface area (Å²) in [6.45, 7) is 4.80. The number of methoxy groups -OCH3 is 1. The lowest BCUT2D eigenvalue weighted by molar-refractivity contribution is 0.357. The van der Waals surface area contributed by atoms with Crippen molar-refractivity contribution in [3.05, 3.63) is 63.6 Å². The molecular weight excluding hydrogens is 410 g/mol. The lowest BCUT2D eigenvalue weighted by Gasteiger charge is -2.14. The van der Waals surface area contributed by atoms with Gasteiger partial charge in [0.1, 0.15) is 18.1 Å². The Kier molecular flexibility index (Phi) is 6.34. The number of hydrogen-bond donors (Lipinski definition) is 1. The van der Waals surface area contributed by atoms with Gasteiger partial charge in [-0.05, 0) is 52.3 Å². The third-order valence-corrected chi connectivity index (χ3v) is 4.05. The largest absolute Gasteiger partial charge is 0.497 e. The van der Waals surface area contributed by atoms with Crippen LogP contribution in [0.3, 0.4) is 0 Å². The molecule has 0 aliphatic heterocycles. The Morgan fingerprint density at radius 2 is 1.91 bits per heavy atom. The van der Waals surface area contributed by atoms with E-state index in [0.29, 0.717) is 13.2 Å². The number of nitrogens with one attached hydrogen (secondary N) is 1. The molecule has 2 aromatic carbocycles. The van der Waals surface area contributed by atoms with Crippen molar-refractivity contribution in [2.75, 3.05) is 19.0 Å². The van der Waals surface area contributed by atoms with Crippen LogP contribution in [0.1, 0.15) is 5.56 Å². The molecule has 0 heterocycles. The van der Waals surface area contributed by atoms with Gasteiger partial charge in [-0.2, -0.15) is 0 Å². The quantitative estimate of drug-likeness (QED) is 0.601. The van der Waals surface area contributed by atoms with Gasteiger partial charge in [-0.15, -0.1) is 0 Å². The van der Waals surface area contributed by atoms with Crippen LogP contribution in [-0.2, 0) is 6.54 Å². The molecule has 0 aromatic heterocycles. The lowest BCUT2D eigenvalue weighted by atomic mass is 10.2. The highest BCUT2D eigenvalue weighted by molar-refractivity contribution is 9.11. The predicted molar refractivity (Wildman–Crippen MR) is 97.9 cm³/mol. The molecular formula is C17H17Br2NO2. The van der Waals surface area contributed by atoms with E-state index in [1.807, 2.05) is 36.4 Å². The Morgan fingerprint density at radius 3 is 2.55 bits per heavy atom. The highest BCUT2D eigenvalue weighted by Gasteiger charge is 2.10. The predicted octanol–water partition coefficient (Wildman–Crippen LogP) is 5.40. The Morgan fingerprint density at radius 1 is 1.18 bits per heavy atom. The molecule has 3 nitrogen and oxygen atoms in total. The van der Waals surface area contributed by atoms with Crippen LogP contribution in [0.25, 0.3) is 0 Å². The molecule has 0 aliphatic rings. The summed E-state index contributed by atoms with van der Waals surface area (Å²) >= 11 is 7.05. The van der Waals surface area contributed by atoms with Gasteiger partial charge in [0.2, 0.25) is 0 Å². The van der Waals surface area contributed by atoms with Gasteiger partial charge in [-0.1, -0.05) is 28.6 Å². The average molecular weight is 427 g/mol. The van der Waals surface area contributed by atoms with Crippen LogP contribution in [0.4, 0.5) is 5.69 Å². The van der Waals surface area contributed by atoms with Crippen LogP contribution in [0, 0.1) is 0 Å². The van der Waals surface area contributed by atoms with Gasteiger partial charge in [0, 0.05) is 22.3 Å². The Bertz CT molecular complexity index is 642. The molecule has 22 heavy (non-hydrogen) atoms. The van der Waals surface area contributed by atoms with Crippen LogP contribution < -0.4 is 14.8 Å². The maximum Gasteiger partial charge on any atom is 0.139 e. The van der Waals surface area contributed by atoms with Gasteiger partial charge >= 0.3 is 0 Å². The van der Waals surface area contributed by atoms with Gasteiger partial charge in [0.05, 0.1) is 11.6 Å². The summed E-state index contributed by atoms with van der Waals surface area (Å²) in [6, 6.07) is 11.8. The second kappa shape index (κ2) is 8.25. The molecule has 2 aromatic rings. The zero-order chi connectivity index (χ0) is 15.9. The van der Waals surface area contributed by atoms with E-state index < -0.39 is 0 Å². The maximum atomic E-state index is 5.75. The average Bonchev–Trinajstić information content (AvgIpc) is 2.52. The molecule has 0 spiro atoms. The van der Waals surface area contributed by atoms with E-state index in [1.165, 1.54) is 0 Å². The number of halogens is 2. The first kappa shape index (κ1) is 16.9. The molecule has 0 saturated carbocycles.